The molecule has 0 amide bonds. The number of hydrogen-bond acceptors (Lipinski definition) is 5. The van der Waals surface area contributed by atoms with Gasteiger partial charge in [0.25, 0.3) is 0 Å². The predicted octanol–water partition coefficient (Wildman–Crippen LogP) is 1.20. The van der Waals surface area contributed by atoms with E-state index in [1.54, 1.807) is 0 Å². The summed E-state index contributed by atoms with van der Waals surface area (Å²) in [6.07, 6.45) is -1.39. The maximum absolute atomic E-state index is 13.2. The van der Waals surface area contributed by atoms with Gasteiger partial charge in [0.2, 0.25) is 0 Å². The summed E-state index contributed by atoms with van der Waals surface area (Å²) < 4.78 is 60.4. The van der Waals surface area contributed by atoms with Crippen LogP contribution in [-0.4, -0.2) is 41.0 Å². The Kier molecular flexibility index (Phi) is 4.48. The molecule has 0 aliphatic heterocycles. The van der Waals surface area contributed by atoms with Crippen molar-refractivity contribution in [2.45, 2.75) is 50.6 Å². The van der Waals surface area contributed by atoms with Crippen LogP contribution in [0, 0.1) is 11.8 Å². The first kappa shape index (κ1) is 17.3. The number of esters is 1. The molecule has 6 nitrogen and oxygen atoms in total. The van der Waals surface area contributed by atoms with Crippen LogP contribution in [0.3, 0.4) is 0 Å². The number of hydrogen-bond donors (Lipinski definition) is 2. The standard InChI is InChI=1S/C11H18F2O6S/c1-6(11(12,13)20(16,17)18)19-9(14)7-4-5-8(7)10(2,3)15/h6-8,15H,4-5H2,1-3H3,(H,16,17,18). The maximum Gasteiger partial charge on any atom is 0.405 e. The Hall–Kier alpha value is -0.800. The van der Waals surface area contributed by atoms with Crippen molar-refractivity contribution in [3.63, 3.8) is 0 Å². The fourth-order valence-corrected chi connectivity index (χ4v) is 2.64. The van der Waals surface area contributed by atoms with Crippen LogP contribution in [0.25, 0.3) is 0 Å². The average Bonchev–Trinajstić information content (AvgIpc) is 2.09. The number of rotatable bonds is 5. The number of alkyl halides is 2. The number of halogens is 2. The van der Waals surface area contributed by atoms with Gasteiger partial charge >= 0.3 is 21.3 Å². The largest absolute Gasteiger partial charge is 0.455 e. The molecule has 20 heavy (non-hydrogen) atoms. The van der Waals surface area contributed by atoms with Crippen molar-refractivity contribution in [1.82, 2.24) is 0 Å². The van der Waals surface area contributed by atoms with Crippen LogP contribution < -0.4 is 0 Å². The minimum atomic E-state index is -5.66. The highest BCUT2D eigenvalue weighted by Gasteiger charge is 2.53. The molecular formula is C11H18F2O6S. The normalized spacial score (nSPS) is 25.8. The van der Waals surface area contributed by atoms with Crippen molar-refractivity contribution >= 4 is 16.1 Å². The zero-order chi connectivity index (χ0) is 15.9. The SMILES string of the molecule is CC(OC(=O)C1CCC1C(C)(C)O)C(F)(F)S(=O)(=O)O. The molecule has 0 aromatic rings. The first-order valence-electron chi connectivity index (χ1n) is 6.06. The van der Waals surface area contributed by atoms with Gasteiger partial charge in [-0.3, -0.25) is 9.35 Å². The lowest BCUT2D eigenvalue weighted by Crippen LogP contribution is -2.49. The third kappa shape index (κ3) is 3.26. The van der Waals surface area contributed by atoms with Gasteiger partial charge < -0.3 is 9.84 Å². The van der Waals surface area contributed by atoms with E-state index in [-0.39, 0.29) is 0 Å². The van der Waals surface area contributed by atoms with Crippen LogP contribution in [0.1, 0.15) is 33.6 Å². The smallest absolute Gasteiger partial charge is 0.405 e. The van der Waals surface area contributed by atoms with E-state index in [0.29, 0.717) is 19.8 Å². The molecule has 1 rings (SSSR count). The van der Waals surface area contributed by atoms with Crippen LogP contribution >= 0.6 is 0 Å². The zero-order valence-electron chi connectivity index (χ0n) is 11.3. The summed E-state index contributed by atoms with van der Waals surface area (Å²) in [4.78, 5) is 11.7. The molecule has 3 unspecified atom stereocenters. The van der Waals surface area contributed by atoms with Gasteiger partial charge in [-0.25, -0.2) is 0 Å². The van der Waals surface area contributed by atoms with Crippen LogP contribution in [0.4, 0.5) is 8.78 Å². The second-order valence-corrected chi connectivity index (χ2v) is 7.05. The molecule has 0 aromatic carbocycles. The molecule has 0 bridgehead atoms. The van der Waals surface area contributed by atoms with E-state index in [0.717, 1.165) is 0 Å². The fourth-order valence-electron chi connectivity index (χ4n) is 2.17. The Morgan fingerprint density at radius 1 is 1.35 bits per heavy atom. The predicted molar refractivity (Wildman–Crippen MR) is 64.6 cm³/mol. The van der Waals surface area contributed by atoms with E-state index in [9.17, 15) is 27.1 Å². The average molecular weight is 316 g/mol. The molecule has 0 aromatic heterocycles. The third-order valence-electron chi connectivity index (χ3n) is 3.59. The molecule has 3 atom stereocenters. The highest BCUT2D eigenvalue weighted by molar-refractivity contribution is 7.86. The zero-order valence-corrected chi connectivity index (χ0v) is 12.2. The molecule has 1 aliphatic rings. The van der Waals surface area contributed by atoms with Crippen molar-refractivity contribution in [3.05, 3.63) is 0 Å². The Balaban J connectivity index is 2.73. The molecule has 2 N–H and O–H groups in total. The van der Waals surface area contributed by atoms with E-state index in [2.05, 4.69) is 4.74 Å². The highest BCUT2D eigenvalue weighted by Crippen LogP contribution is 2.43. The monoisotopic (exact) mass is 316 g/mol. The van der Waals surface area contributed by atoms with Crippen molar-refractivity contribution in [2.24, 2.45) is 11.8 Å². The Morgan fingerprint density at radius 2 is 1.85 bits per heavy atom. The molecule has 118 valence electrons. The second-order valence-electron chi connectivity index (χ2n) is 5.56. The summed E-state index contributed by atoms with van der Waals surface area (Å²) in [5.41, 5.74) is -1.16. The van der Waals surface area contributed by atoms with Crippen molar-refractivity contribution in [3.8, 4) is 0 Å². The minimum absolute atomic E-state index is 0.373. The van der Waals surface area contributed by atoms with Crippen LogP contribution in [-0.2, 0) is 19.6 Å². The molecule has 0 radical (unpaired) electrons. The molecule has 1 saturated carbocycles. The molecule has 0 spiro atoms. The van der Waals surface area contributed by atoms with Gasteiger partial charge in [-0.15, -0.1) is 0 Å². The first-order valence-corrected chi connectivity index (χ1v) is 7.50. The highest BCUT2D eigenvalue weighted by atomic mass is 32.2. The van der Waals surface area contributed by atoms with Crippen LogP contribution in [0.15, 0.2) is 0 Å². The topological polar surface area (TPSA) is 101 Å². The molecular weight excluding hydrogens is 298 g/mol. The van der Waals surface area contributed by atoms with Gasteiger partial charge in [-0.05, 0) is 33.6 Å². The van der Waals surface area contributed by atoms with Crippen molar-refractivity contribution in [1.29, 1.82) is 0 Å². The van der Waals surface area contributed by atoms with Gasteiger partial charge in [0, 0.05) is 5.92 Å². The minimum Gasteiger partial charge on any atom is -0.455 e. The maximum atomic E-state index is 13.2. The number of ether oxygens (including phenoxy) is 1. The summed E-state index contributed by atoms with van der Waals surface area (Å²) >= 11 is 0. The molecule has 9 heteroatoms. The second kappa shape index (κ2) is 5.19. The molecule has 0 heterocycles. The lowest BCUT2D eigenvalue weighted by molar-refractivity contribution is -0.177. The van der Waals surface area contributed by atoms with Gasteiger partial charge in [0.05, 0.1) is 11.5 Å². The number of aliphatic hydroxyl groups is 1. The van der Waals surface area contributed by atoms with E-state index >= 15 is 0 Å². The van der Waals surface area contributed by atoms with E-state index in [4.69, 9.17) is 4.55 Å². The third-order valence-corrected chi connectivity index (χ3v) is 4.61. The van der Waals surface area contributed by atoms with Crippen molar-refractivity contribution < 1.29 is 36.4 Å². The van der Waals surface area contributed by atoms with Gasteiger partial charge in [0.1, 0.15) is 0 Å². The summed E-state index contributed by atoms with van der Waals surface area (Å²) in [6.45, 7) is 3.67. The molecule has 1 fully saturated rings. The van der Waals surface area contributed by atoms with E-state index in [1.165, 1.54) is 13.8 Å². The quantitative estimate of drug-likeness (QED) is 0.584. The lowest BCUT2D eigenvalue weighted by atomic mass is 9.66. The van der Waals surface area contributed by atoms with Gasteiger partial charge in [0.15, 0.2) is 6.10 Å². The van der Waals surface area contributed by atoms with Crippen molar-refractivity contribution in [2.75, 3.05) is 0 Å². The summed E-state index contributed by atoms with van der Waals surface area (Å²) in [6, 6.07) is 0. The van der Waals surface area contributed by atoms with Crippen LogP contribution in [0.2, 0.25) is 0 Å². The summed E-state index contributed by atoms with van der Waals surface area (Å²) in [5, 5.41) is 5.22. The van der Waals surface area contributed by atoms with E-state index in [1.807, 2.05) is 0 Å². The Labute approximate surface area is 115 Å². The number of carbonyl (C=O) groups excluding carboxylic acids is 1. The lowest BCUT2D eigenvalue weighted by Gasteiger charge is -2.42. The van der Waals surface area contributed by atoms with Gasteiger partial charge in [-0.2, -0.15) is 17.2 Å². The Morgan fingerprint density at radius 3 is 2.15 bits per heavy atom. The fraction of sp³-hybridized carbons (Fsp3) is 0.909. The van der Waals surface area contributed by atoms with Gasteiger partial charge in [-0.1, -0.05) is 0 Å². The summed E-state index contributed by atoms with van der Waals surface area (Å²) in [7, 11) is -5.66. The van der Waals surface area contributed by atoms with E-state index < -0.39 is 44.9 Å². The molecule has 1 aliphatic carbocycles. The molecule has 0 saturated heterocycles. The Bertz CT molecular complexity index is 482. The first-order chi connectivity index (χ1) is 8.78. The number of carbonyl (C=O) groups is 1. The van der Waals surface area contributed by atoms with Crippen LogP contribution in [0.5, 0.6) is 0 Å². The summed E-state index contributed by atoms with van der Waals surface area (Å²) in [5.74, 6) is -2.18.